The second kappa shape index (κ2) is 11.1. The molecular weight excluding hydrogens is 502 g/mol. The van der Waals surface area contributed by atoms with Gasteiger partial charge in [-0.05, 0) is 74.3 Å². The standard InChI is InChI=1S/C29H32F2N6O2/c1-18-34-28(36-39-18)26-11-9-22(15-32-26)37-12-4-5-19(17-37)13-20-6-2-3-7-25(20)35-29-33-16-27(38-29)21-8-10-23(30)24(31)14-21/h8-11,14-16,19-20,25H,2-7,12-13,17H2,1H3,(H,33,35)/t19-,20+,25-/m1/s1. The Balaban J connectivity index is 1.08. The van der Waals surface area contributed by atoms with E-state index in [1.54, 1.807) is 13.1 Å². The van der Waals surface area contributed by atoms with Crippen LogP contribution in [-0.2, 0) is 0 Å². The number of aryl methyl sites for hydroxylation is 1. The van der Waals surface area contributed by atoms with Gasteiger partial charge >= 0.3 is 0 Å². The minimum atomic E-state index is -0.902. The third kappa shape index (κ3) is 5.79. The fourth-order valence-corrected chi connectivity index (χ4v) is 5.99. The molecule has 4 aromatic rings. The van der Waals surface area contributed by atoms with Gasteiger partial charge in [0.25, 0.3) is 6.01 Å². The lowest BCUT2D eigenvalue weighted by atomic mass is 9.77. The van der Waals surface area contributed by atoms with Crippen LogP contribution >= 0.6 is 0 Å². The lowest BCUT2D eigenvalue weighted by Crippen LogP contribution is -2.39. The van der Waals surface area contributed by atoms with Crippen molar-refractivity contribution in [1.82, 2.24) is 20.1 Å². The summed E-state index contributed by atoms with van der Waals surface area (Å²) in [5.74, 6) is 0.778. The van der Waals surface area contributed by atoms with Gasteiger partial charge in [0.05, 0.1) is 18.1 Å². The van der Waals surface area contributed by atoms with Gasteiger partial charge in [-0.1, -0.05) is 18.0 Å². The van der Waals surface area contributed by atoms with Crippen LogP contribution in [0.4, 0.5) is 20.5 Å². The average molecular weight is 535 g/mol. The van der Waals surface area contributed by atoms with Crippen molar-refractivity contribution in [2.75, 3.05) is 23.3 Å². The molecule has 8 nitrogen and oxygen atoms in total. The van der Waals surface area contributed by atoms with Crippen LogP contribution < -0.4 is 10.2 Å². The average Bonchev–Trinajstić information content (AvgIpc) is 3.61. The molecule has 0 bridgehead atoms. The molecule has 6 rings (SSSR count). The van der Waals surface area contributed by atoms with Crippen LogP contribution in [-0.4, -0.2) is 39.2 Å². The zero-order valence-electron chi connectivity index (χ0n) is 21.9. The van der Waals surface area contributed by atoms with Crippen molar-refractivity contribution in [3.05, 3.63) is 60.3 Å². The van der Waals surface area contributed by atoms with E-state index in [9.17, 15) is 8.78 Å². The predicted molar refractivity (Wildman–Crippen MR) is 143 cm³/mol. The second-order valence-corrected chi connectivity index (χ2v) is 10.7. The molecule has 0 unspecified atom stereocenters. The molecule has 0 spiro atoms. The molecule has 1 aromatic carbocycles. The Morgan fingerprint density at radius 2 is 1.90 bits per heavy atom. The Labute approximate surface area is 225 Å². The maximum Gasteiger partial charge on any atom is 0.295 e. The summed E-state index contributed by atoms with van der Waals surface area (Å²) in [4.78, 5) is 15.6. The highest BCUT2D eigenvalue weighted by Crippen LogP contribution is 2.36. The molecule has 1 aliphatic carbocycles. The number of rotatable bonds is 7. The first kappa shape index (κ1) is 25.5. The van der Waals surface area contributed by atoms with E-state index in [4.69, 9.17) is 8.94 Å². The number of aromatic nitrogens is 4. The minimum Gasteiger partial charge on any atom is -0.424 e. The molecule has 204 valence electrons. The van der Waals surface area contributed by atoms with Crippen molar-refractivity contribution in [3.8, 4) is 22.8 Å². The van der Waals surface area contributed by atoms with Crippen LogP contribution in [0.15, 0.2) is 51.7 Å². The maximum atomic E-state index is 13.7. The topological polar surface area (TPSA) is 93.1 Å². The Morgan fingerprint density at radius 3 is 2.69 bits per heavy atom. The second-order valence-electron chi connectivity index (χ2n) is 10.7. The van der Waals surface area contributed by atoms with E-state index < -0.39 is 11.6 Å². The van der Waals surface area contributed by atoms with E-state index in [2.05, 4.69) is 36.4 Å². The molecule has 1 saturated carbocycles. The molecule has 1 N–H and O–H groups in total. The van der Waals surface area contributed by atoms with Gasteiger partial charge in [0.2, 0.25) is 11.7 Å². The van der Waals surface area contributed by atoms with Crippen molar-refractivity contribution in [1.29, 1.82) is 0 Å². The predicted octanol–water partition coefficient (Wildman–Crippen LogP) is 6.65. The molecule has 4 heterocycles. The molecule has 3 aromatic heterocycles. The summed E-state index contributed by atoms with van der Waals surface area (Å²) in [5.41, 5.74) is 2.29. The van der Waals surface area contributed by atoms with E-state index in [1.165, 1.54) is 31.7 Å². The third-order valence-corrected chi connectivity index (χ3v) is 7.95. The van der Waals surface area contributed by atoms with Gasteiger partial charge in [-0.25, -0.2) is 13.8 Å². The van der Waals surface area contributed by atoms with E-state index in [1.807, 2.05) is 12.3 Å². The number of anilines is 2. The highest BCUT2D eigenvalue weighted by Gasteiger charge is 2.31. The summed E-state index contributed by atoms with van der Waals surface area (Å²) in [6.45, 7) is 3.79. The zero-order chi connectivity index (χ0) is 26.8. The molecule has 1 aliphatic heterocycles. The largest absolute Gasteiger partial charge is 0.424 e. The van der Waals surface area contributed by atoms with E-state index in [0.717, 1.165) is 50.2 Å². The van der Waals surface area contributed by atoms with Gasteiger partial charge < -0.3 is 19.2 Å². The van der Waals surface area contributed by atoms with Gasteiger partial charge in [0, 0.05) is 31.6 Å². The summed E-state index contributed by atoms with van der Waals surface area (Å²) < 4.78 is 38.0. The number of hydrogen-bond acceptors (Lipinski definition) is 8. The normalized spacial score (nSPS) is 21.7. The van der Waals surface area contributed by atoms with Crippen LogP contribution in [0.1, 0.15) is 50.8 Å². The van der Waals surface area contributed by atoms with Gasteiger partial charge in [0.15, 0.2) is 17.4 Å². The van der Waals surface area contributed by atoms with Crippen LogP contribution in [0.3, 0.4) is 0 Å². The third-order valence-electron chi connectivity index (χ3n) is 7.95. The first-order valence-electron chi connectivity index (χ1n) is 13.7. The molecule has 39 heavy (non-hydrogen) atoms. The Bertz CT molecular complexity index is 1410. The SMILES string of the molecule is Cc1nc(-c2ccc(N3CCC[C@H](C[C@@H]4CCCC[C@H]4Nc4ncc(-c5ccc(F)c(F)c5)o4)C3)cn2)no1. The number of halogens is 2. The first-order valence-corrected chi connectivity index (χ1v) is 13.7. The van der Waals surface area contributed by atoms with Gasteiger partial charge in [-0.2, -0.15) is 4.98 Å². The lowest BCUT2D eigenvalue weighted by Gasteiger charge is -2.39. The molecule has 3 atom stereocenters. The number of oxazole rings is 1. The van der Waals surface area contributed by atoms with E-state index >= 15 is 0 Å². The van der Waals surface area contributed by atoms with Crippen molar-refractivity contribution < 1.29 is 17.7 Å². The van der Waals surface area contributed by atoms with Crippen LogP contribution in [0.5, 0.6) is 0 Å². The van der Waals surface area contributed by atoms with Crippen LogP contribution in [0.25, 0.3) is 22.8 Å². The molecule has 2 fully saturated rings. The zero-order valence-corrected chi connectivity index (χ0v) is 21.9. The molecule has 2 aliphatic rings. The number of pyridine rings is 1. The minimum absolute atomic E-state index is 0.268. The number of nitrogens with zero attached hydrogens (tertiary/aromatic N) is 5. The van der Waals surface area contributed by atoms with Gasteiger partial charge in [-0.15, -0.1) is 0 Å². The summed E-state index contributed by atoms with van der Waals surface area (Å²) in [7, 11) is 0. The van der Waals surface area contributed by atoms with Gasteiger partial charge in [0.1, 0.15) is 5.69 Å². The molecule has 0 amide bonds. The highest BCUT2D eigenvalue weighted by atomic mass is 19.2. The molecule has 1 saturated heterocycles. The Hall–Kier alpha value is -3.82. The number of hydrogen-bond donors (Lipinski definition) is 1. The summed E-state index contributed by atoms with van der Waals surface area (Å²) in [6.07, 6.45) is 11.6. The first-order chi connectivity index (χ1) is 19.0. The van der Waals surface area contributed by atoms with Crippen molar-refractivity contribution in [2.24, 2.45) is 11.8 Å². The number of benzene rings is 1. The van der Waals surface area contributed by atoms with E-state index in [0.29, 0.717) is 46.6 Å². The number of nitrogens with one attached hydrogen (secondary N) is 1. The molecule has 10 heteroatoms. The summed E-state index contributed by atoms with van der Waals surface area (Å²) >= 11 is 0. The Kier molecular flexibility index (Phi) is 7.26. The monoisotopic (exact) mass is 534 g/mol. The lowest BCUT2D eigenvalue weighted by molar-refractivity contribution is 0.245. The summed E-state index contributed by atoms with van der Waals surface area (Å²) in [5, 5.41) is 7.47. The van der Waals surface area contributed by atoms with Crippen molar-refractivity contribution >= 4 is 11.7 Å². The molecular formula is C29H32F2N6O2. The Morgan fingerprint density at radius 1 is 1.00 bits per heavy atom. The van der Waals surface area contributed by atoms with Gasteiger partial charge in [-0.3, -0.25) is 4.98 Å². The fraction of sp³-hybridized carbons (Fsp3) is 0.448. The van der Waals surface area contributed by atoms with Crippen molar-refractivity contribution in [3.63, 3.8) is 0 Å². The quantitative estimate of drug-likeness (QED) is 0.282. The van der Waals surface area contributed by atoms with E-state index in [-0.39, 0.29) is 6.04 Å². The van der Waals surface area contributed by atoms with Crippen LogP contribution in [0, 0.1) is 30.4 Å². The van der Waals surface area contributed by atoms with Crippen LogP contribution in [0.2, 0.25) is 0 Å². The summed E-state index contributed by atoms with van der Waals surface area (Å²) in [6, 6.07) is 8.47. The molecule has 0 radical (unpaired) electrons. The van der Waals surface area contributed by atoms with Crippen molar-refractivity contribution in [2.45, 2.75) is 57.9 Å². The highest BCUT2D eigenvalue weighted by molar-refractivity contribution is 5.57. The number of piperidine rings is 1. The smallest absolute Gasteiger partial charge is 0.295 e. The maximum absolute atomic E-state index is 13.7. The fourth-order valence-electron chi connectivity index (χ4n) is 5.99.